The monoisotopic (exact) mass is 337 g/mol. The maximum absolute atomic E-state index is 14.1. The summed E-state index contributed by atoms with van der Waals surface area (Å²) in [7, 11) is 0. The molecular formula is C20H17F2N3. The molecule has 2 N–H and O–H groups in total. The first-order valence-corrected chi connectivity index (χ1v) is 7.72. The van der Waals surface area contributed by atoms with Gasteiger partial charge in [0.05, 0.1) is 11.2 Å². The van der Waals surface area contributed by atoms with Crippen LogP contribution >= 0.6 is 0 Å². The van der Waals surface area contributed by atoms with Crippen molar-refractivity contribution in [2.24, 2.45) is 0 Å². The van der Waals surface area contributed by atoms with E-state index < -0.39 is 11.6 Å². The average Bonchev–Trinajstić information content (AvgIpc) is 3.05. The van der Waals surface area contributed by atoms with Crippen molar-refractivity contribution in [3.8, 4) is 11.1 Å². The number of rotatable bonds is 5. The van der Waals surface area contributed by atoms with Gasteiger partial charge in [-0.15, -0.1) is 0 Å². The van der Waals surface area contributed by atoms with Crippen LogP contribution in [0.25, 0.3) is 27.7 Å². The number of aromatic nitrogens is 2. The van der Waals surface area contributed by atoms with Crippen LogP contribution in [-0.2, 0) is 0 Å². The summed E-state index contributed by atoms with van der Waals surface area (Å²) in [4.78, 5) is 0. The molecule has 0 spiro atoms. The van der Waals surface area contributed by atoms with E-state index in [9.17, 15) is 8.78 Å². The maximum Gasteiger partial charge on any atom is 0.166 e. The Labute approximate surface area is 144 Å². The molecule has 3 aromatic rings. The van der Waals surface area contributed by atoms with Gasteiger partial charge >= 0.3 is 0 Å². The molecule has 3 rings (SSSR count). The summed E-state index contributed by atoms with van der Waals surface area (Å²) in [6.45, 7) is 9.60. The zero-order chi connectivity index (χ0) is 18.0. The lowest BCUT2D eigenvalue weighted by Gasteiger charge is -2.09. The molecule has 2 aromatic carbocycles. The highest BCUT2D eigenvalue weighted by atomic mass is 19.2. The van der Waals surface area contributed by atoms with Gasteiger partial charge < -0.3 is 5.32 Å². The second-order valence-electron chi connectivity index (χ2n) is 5.49. The number of hydrogen-bond donors (Lipinski definition) is 2. The van der Waals surface area contributed by atoms with Crippen molar-refractivity contribution < 1.29 is 8.78 Å². The van der Waals surface area contributed by atoms with Gasteiger partial charge in [-0.05, 0) is 36.8 Å². The van der Waals surface area contributed by atoms with Crippen molar-refractivity contribution in [1.82, 2.24) is 15.5 Å². The molecule has 126 valence electrons. The van der Waals surface area contributed by atoms with Gasteiger partial charge in [0.1, 0.15) is 5.69 Å². The van der Waals surface area contributed by atoms with E-state index in [1.54, 1.807) is 30.3 Å². The molecule has 1 aromatic heterocycles. The van der Waals surface area contributed by atoms with Crippen molar-refractivity contribution >= 4 is 16.6 Å². The third-order valence-electron chi connectivity index (χ3n) is 3.94. The van der Waals surface area contributed by atoms with Crippen LogP contribution in [0.5, 0.6) is 0 Å². The number of nitrogens with one attached hydrogen (secondary N) is 2. The number of halogens is 2. The second-order valence-corrected chi connectivity index (χ2v) is 5.49. The van der Waals surface area contributed by atoms with E-state index in [0.717, 1.165) is 22.7 Å². The van der Waals surface area contributed by atoms with Crippen LogP contribution in [0.4, 0.5) is 8.78 Å². The third kappa shape index (κ3) is 3.08. The van der Waals surface area contributed by atoms with Crippen molar-refractivity contribution in [2.75, 3.05) is 0 Å². The lowest BCUT2D eigenvalue weighted by Crippen LogP contribution is -2.09. The van der Waals surface area contributed by atoms with Gasteiger partial charge in [0.2, 0.25) is 0 Å². The molecule has 0 amide bonds. The lowest BCUT2D eigenvalue weighted by molar-refractivity contribution is 0.511. The Morgan fingerprint density at radius 1 is 1.24 bits per heavy atom. The summed E-state index contributed by atoms with van der Waals surface area (Å²) in [6, 6.07) is 9.39. The van der Waals surface area contributed by atoms with Gasteiger partial charge in [-0.25, -0.2) is 8.78 Å². The van der Waals surface area contributed by atoms with Crippen molar-refractivity contribution in [2.45, 2.75) is 6.92 Å². The fourth-order valence-electron chi connectivity index (χ4n) is 2.61. The van der Waals surface area contributed by atoms with Gasteiger partial charge in [-0.3, -0.25) is 5.10 Å². The molecule has 0 aliphatic heterocycles. The number of allylic oxidation sites excluding steroid dienone is 2. The Morgan fingerprint density at radius 3 is 2.76 bits per heavy atom. The number of benzene rings is 2. The van der Waals surface area contributed by atoms with Crippen LogP contribution in [0.15, 0.2) is 67.4 Å². The fraction of sp³-hybridized carbons (Fsp3) is 0.0500. The van der Waals surface area contributed by atoms with E-state index in [2.05, 4.69) is 28.7 Å². The highest BCUT2D eigenvalue weighted by Crippen LogP contribution is 2.29. The number of H-pyrrole nitrogens is 1. The van der Waals surface area contributed by atoms with E-state index >= 15 is 0 Å². The fourth-order valence-corrected chi connectivity index (χ4v) is 2.61. The molecule has 0 fully saturated rings. The largest absolute Gasteiger partial charge is 0.354 e. The van der Waals surface area contributed by atoms with Gasteiger partial charge in [0.15, 0.2) is 11.6 Å². The summed E-state index contributed by atoms with van der Waals surface area (Å²) in [5, 5.41) is 11.1. The van der Waals surface area contributed by atoms with Gasteiger partial charge in [-0.1, -0.05) is 37.4 Å². The average molecular weight is 337 g/mol. The van der Waals surface area contributed by atoms with Crippen molar-refractivity contribution in [1.29, 1.82) is 0 Å². The quantitative estimate of drug-likeness (QED) is 0.632. The molecule has 0 aliphatic carbocycles. The van der Waals surface area contributed by atoms with Crippen LogP contribution in [-0.4, -0.2) is 10.2 Å². The number of nitrogens with zero attached hydrogens (tertiary/aromatic N) is 1. The minimum atomic E-state index is -0.875. The lowest BCUT2D eigenvalue weighted by atomic mass is 10.0. The minimum absolute atomic E-state index is 0.202. The van der Waals surface area contributed by atoms with Gasteiger partial charge in [0.25, 0.3) is 0 Å². The maximum atomic E-state index is 14.1. The van der Waals surface area contributed by atoms with Gasteiger partial charge in [-0.2, -0.15) is 5.10 Å². The van der Waals surface area contributed by atoms with E-state index in [0.29, 0.717) is 17.0 Å². The molecule has 0 radical (unpaired) electrons. The minimum Gasteiger partial charge on any atom is -0.354 e. The topological polar surface area (TPSA) is 40.7 Å². The zero-order valence-electron chi connectivity index (χ0n) is 13.7. The highest BCUT2D eigenvalue weighted by molar-refractivity contribution is 5.93. The van der Waals surface area contributed by atoms with Crippen LogP contribution in [0.3, 0.4) is 0 Å². The summed E-state index contributed by atoms with van der Waals surface area (Å²) < 4.78 is 27.6. The number of fused-ring (bicyclic) bond motifs is 1. The Hall–Kier alpha value is -3.21. The Morgan fingerprint density at radius 2 is 2.04 bits per heavy atom. The smallest absolute Gasteiger partial charge is 0.166 e. The Bertz CT molecular complexity index is 999. The molecule has 3 nitrogen and oxygen atoms in total. The molecule has 1 heterocycles. The van der Waals surface area contributed by atoms with Gasteiger partial charge in [0, 0.05) is 16.6 Å². The highest BCUT2D eigenvalue weighted by Gasteiger charge is 2.14. The molecule has 0 unspecified atom stereocenters. The summed E-state index contributed by atoms with van der Waals surface area (Å²) in [5.74, 6) is -1.74. The summed E-state index contributed by atoms with van der Waals surface area (Å²) >= 11 is 0. The molecule has 0 bridgehead atoms. The predicted octanol–water partition coefficient (Wildman–Crippen LogP) is 5.16. The molecule has 5 heteroatoms. The predicted molar refractivity (Wildman–Crippen MR) is 97.6 cm³/mol. The number of aromatic amines is 1. The number of hydrogen-bond acceptors (Lipinski definition) is 2. The van der Waals surface area contributed by atoms with E-state index in [1.807, 2.05) is 13.0 Å². The van der Waals surface area contributed by atoms with Crippen LogP contribution in [0, 0.1) is 11.6 Å². The first-order valence-electron chi connectivity index (χ1n) is 7.72. The van der Waals surface area contributed by atoms with E-state index in [1.165, 1.54) is 6.07 Å². The Kier molecular flexibility index (Phi) is 4.48. The molecule has 0 saturated heterocycles. The first kappa shape index (κ1) is 16.6. The Balaban J connectivity index is 2.07. The van der Waals surface area contributed by atoms with E-state index in [-0.39, 0.29) is 5.56 Å². The molecule has 0 aliphatic rings. The van der Waals surface area contributed by atoms with Crippen LogP contribution in [0.1, 0.15) is 12.6 Å². The van der Waals surface area contributed by atoms with Crippen molar-refractivity contribution in [3.05, 3.63) is 84.7 Å². The second kappa shape index (κ2) is 6.73. The van der Waals surface area contributed by atoms with Crippen LogP contribution in [0.2, 0.25) is 0 Å². The summed E-state index contributed by atoms with van der Waals surface area (Å²) in [5.41, 5.74) is 3.53. The standard InChI is InChI=1S/C20H17F2N3/c1-4-14(5-2)23-12(3)20-16-11-13(9-10-18(16)24-25-20)15-7-6-8-17(21)19(15)22/h4-11,23H,1,3H2,2H3,(H,24,25)/b14-5+. The SMILES string of the molecule is C=C/C(=C\C)NC(=C)c1n[nH]c2ccc(-c3cccc(F)c3F)cc12. The van der Waals surface area contributed by atoms with Crippen LogP contribution < -0.4 is 5.32 Å². The zero-order valence-corrected chi connectivity index (χ0v) is 13.7. The molecular weight excluding hydrogens is 320 g/mol. The molecule has 25 heavy (non-hydrogen) atoms. The first-order chi connectivity index (χ1) is 12.0. The summed E-state index contributed by atoms with van der Waals surface area (Å²) in [6.07, 6.45) is 3.54. The van der Waals surface area contributed by atoms with Crippen molar-refractivity contribution in [3.63, 3.8) is 0 Å². The third-order valence-corrected chi connectivity index (χ3v) is 3.94. The normalized spacial score (nSPS) is 11.6. The molecule has 0 saturated carbocycles. The van der Waals surface area contributed by atoms with E-state index in [4.69, 9.17) is 0 Å². The molecule has 0 atom stereocenters.